The maximum absolute atomic E-state index is 10.6. The van der Waals surface area contributed by atoms with Crippen LogP contribution in [0.4, 0.5) is 0 Å². The minimum absolute atomic E-state index is 0.291. The molecule has 18 heavy (non-hydrogen) atoms. The van der Waals surface area contributed by atoms with Crippen molar-refractivity contribution in [3.05, 3.63) is 28.3 Å². The highest BCUT2D eigenvalue weighted by Crippen LogP contribution is 2.43. The highest BCUT2D eigenvalue weighted by molar-refractivity contribution is 6.30. The molecule has 3 rings (SSSR count). The Bertz CT molecular complexity index is 473. The van der Waals surface area contributed by atoms with Crippen LogP contribution in [0.5, 0.6) is 5.75 Å². The molecule has 98 valence electrons. The normalized spacial score (nSPS) is 21.3. The third kappa shape index (κ3) is 2.11. The van der Waals surface area contributed by atoms with Crippen LogP contribution in [-0.4, -0.2) is 23.9 Å². The Kier molecular flexibility index (Phi) is 3.00. The van der Waals surface area contributed by atoms with Crippen molar-refractivity contribution >= 4 is 11.6 Å². The number of ether oxygens (including phenoxy) is 1. The van der Waals surface area contributed by atoms with E-state index in [1.807, 2.05) is 12.1 Å². The summed E-state index contributed by atoms with van der Waals surface area (Å²) in [7, 11) is 0. The van der Waals surface area contributed by atoms with Gasteiger partial charge in [-0.3, -0.25) is 0 Å². The van der Waals surface area contributed by atoms with Crippen molar-refractivity contribution in [1.82, 2.24) is 0 Å². The van der Waals surface area contributed by atoms with Crippen molar-refractivity contribution in [3.8, 4) is 5.75 Å². The van der Waals surface area contributed by atoms with Crippen LogP contribution in [-0.2, 0) is 12.8 Å². The van der Waals surface area contributed by atoms with Gasteiger partial charge in [-0.05, 0) is 42.0 Å². The number of fused-ring (bicyclic) bond motifs is 1. The van der Waals surface area contributed by atoms with Gasteiger partial charge in [0, 0.05) is 24.4 Å². The van der Waals surface area contributed by atoms with Crippen LogP contribution >= 0.6 is 11.6 Å². The smallest absolute Gasteiger partial charge is 0.126 e. The van der Waals surface area contributed by atoms with Gasteiger partial charge >= 0.3 is 0 Å². The van der Waals surface area contributed by atoms with Gasteiger partial charge < -0.3 is 15.6 Å². The van der Waals surface area contributed by atoms with Crippen LogP contribution in [0.3, 0.4) is 0 Å². The number of nitrogens with two attached hydrogens (primary N) is 1. The molecule has 0 amide bonds. The summed E-state index contributed by atoms with van der Waals surface area (Å²) in [5, 5.41) is 11.3. The Hall–Kier alpha value is -0.770. The maximum Gasteiger partial charge on any atom is 0.126 e. The Labute approximate surface area is 112 Å². The van der Waals surface area contributed by atoms with Gasteiger partial charge in [0.15, 0.2) is 0 Å². The van der Waals surface area contributed by atoms with Gasteiger partial charge in [0.25, 0.3) is 0 Å². The molecule has 1 aromatic rings. The molecule has 1 saturated carbocycles. The number of rotatable bonds is 4. The molecular weight excluding hydrogens is 250 g/mol. The molecule has 0 aromatic heterocycles. The molecule has 1 aliphatic heterocycles. The minimum atomic E-state index is -0.801. The van der Waals surface area contributed by atoms with Crippen molar-refractivity contribution < 1.29 is 9.84 Å². The van der Waals surface area contributed by atoms with Crippen molar-refractivity contribution in [2.75, 3.05) is 13.2 Å². The number of halogens is 1. The number of benzene rings is 1. The summed E-state index contributed by atoms with van der Waals surface area (Å²) in [5.41, 5.74) is 7.10. The summed E-state index contributed by atoms with van der Waals surface area (Å²) in [6, 6.07) is 3.85. The van der Waals surface area contributed by atoms with Crippen LogP contribution in [0.2, 0.25) is 5.02 Å². The SMILES string of the molecule is NCC(O)(Cc1cc(Cl)cc2c1OCC2)C1CC1. The van der Waals surface area contributed by atoms with Crippen LogP contribution in [0.15, 0.2) is 12.1 Å². The molecular formula is C14H18ClNO2. The summed E-state index contributed by atoms with van der Waals surface area (Å²) in [4.78, 5) is 0. The summed E-state index contributed by atoms with van der Waals surface area (Å²) in [6.45, 7) is 0.992. The Morgan fingerprint density at radius 1 is 1.44 bits per heavy atom. The molecule has 1 aromatic carbocycles. The lowest BCUT2D eigenvalue weighted by Gasteiger charge is -2.27. The lowest BCUT2D eigenvalue weighted by Crippen LogP contribution is -2.42. The first-order chi connectivity index (χ1) is 8.62. The highest BCUT2D eigenvalue weighted by atomic mass is 35.5. The van der Waals surface area contributed by atoms with Crippen molar-refractivity contribution in [1.29, 1.82) is 0 Å². The fraction of sp³-hybridized carbons (Fsp3) is 0.571. The minimum Gasteiger partial charge on any atom is -0.493 e. The molecule has 0 radical (unpaired) electrons. The standard InChI is InChI=1S/C14H18ClNO2/c15-12-5-9-3-4-18-13(9)10(6-12)7-14(17,8-16)11-1-2-11/h5-6,11,17H,1-4,7-8,16H2. The van der Waals surface area contributed by atoms with Gasteiger partial charge in [0.1, 0.15) is 5.75 Å². The molecule has 1 aliphatic carbocycles. The average molecular weight is 268 g/mol. The molecule has 1 heterocycles. The third-order valence-electron chi connectivity index (χ3n) is 4.01. The molecule has 1 fully saturated rings. The van der Waals surface area contributed by atoms with Crippen LogP contribution < -0.4 is 10.5 Å². The zero-order chi connectivity index (χ0) is 12.8. The fourth-order valence-electron chi connectivity index (χ4n) is 2.81. The lowest BCUT2D eigenvalue weighted by molar-refractivity contribution is 0.0262. The first kappa shape index (κ1) is 12.3. The molecule has 0 saturated heterocycles. The third-order valence-corrected chi connectivity index (χ3v) is 4.23. The topological polar surface area (TPSA) is 55.5 Å². The molecule has 2 aliphatic rings. The van der Waals surface area contributed by atoms with E-state index in [2.05, 4.69) is 0 Å². The Morgan fingerprint density at radius 2 is 2.22 bits per heavy atom. The first-order valence-electron chi connectivity index (χ1n) is 6.49. The summed E-state index contributed by atoms with van der Waals surface area (Å²) >= 11 is 6.13. The van der Waals surface area contributed by atoms with E-state index >= 15 is 0 Å². The Morgan fingerprint density at radius 3 is 2.89 bits per heavy atom. The summed E-state index contributed by atoms with van der Waals surface area (Å²) in [5.74, 6) is 1.24. The van der Waals surface area contributed by atoms with Gasteiger partial charge in [-0.25, -0.2) is 0 Å². The summed E-state index contributed by atoms with van der Waals surface area (Å²) in [6.07, 6.45) is 3.57. The average Bonchev–Trinajstić information content (AvgIpc) is 3.09. The number of hydrogen-bond donors (Lipinski definition) is 2. The van der Waals surface area contributed by atoms with E-state index < -0.39 is 5.60 Å². The van der Waals surface area contributed by atoms with Crippen molar-refractivity contribution in [2.45, 2.75) is 31.3 Å². The lowest BCUT2D eigenvalue weighted by atomic mass is 9.88. The van der Waals surface area contributed by atoms with E-state index in [0.717, 1.165) is 36.1 Å². The van der Waals surface area contributed by atoms with Crippen LogP contribution in [0.25, 0.3) is 0 Å². The molecule has 4 heteroatoms. The number of hydrogen-bond acceptors (Lipinski definition) is 3. The molecule has 3 N–H and O–H groups in total. The van der Waals surface area contributed by atoms with E-state index in [4.69, 9.17) is 22.1 Å². The second kappa shape index (κ2) is 4.41. The monoisotopic (exact) mass is 267 g/mol. The van der Waals surface area contributed by atoms with Crippen molar-refractivity contribution in [2.24, 2.45) is 11.7 Å². The molecule has 0 bridgehead atoms. The highest BCUT2D eigenvalue weighted by Gasteiger charge is 2.43. The predicted octanol–water partition coefficient (Wildman–Crippen LogP) is 1.92. The first-order valence-corrected chi connectivity index (χ1v) is 6.87. The van der Waals surface area contributed by atoms with Crippen LogP contribution in [0.1, 0.15) is 24.0 Å². The van der Waals surface area contributed by atoms with E-state index in [1.54, 1.807) is 0 Å². The van der Waals surface area contributed by atoms with Crippen LogP contribution in [0, 0.1) is 5.92 Å². The van der Waals surface area contributed by atoms with Gasteiger partial charge in [-0.15, -0.1) is 0 Å². The quantitative estimate of drug-likeness (QED) is 0.876. The largest absolute Gasteiger partial charge is 0.493 e. The van der Waals surface area contributed by atoms with Gasteiger partial charge in [0.05, 0.1) is 12.2 Å². The van der Waals surface area contributed by atoms with Gasteiger partial charge in [0.2, 0.25) is 0 Å². The van der Waals surface area contributed by atoms with Gasteiger partial charge in [-0.2, -0.15) is 0 Å². The molecule has 1 unspecified atom stereocenters. The van der Waals surface area contributed by atoms with E-state index in [0.29, 0.717) is 30.5 Å². The number of aliphatic hydroxyl groups is 1. The second-order valence-corrected chi connectivity index (χ2v) is 5.85. The predicted molar refractivity (Wildman–Crippen MR) is 71.1 cm³/mol. The second-order valence-electron chi connectivity index (χ2n) is 5.41. The Balaban J connectivity index is 1.92. The molecule has 1 atom stereocenters. The van der Waals surface area contributed by atoms with E-state index in [9.17, 15) is 5.11 Å². The zero-order valence-electron chi connectivity index (χ0n) is 10.3. The summed E-state index contributed by atoms with van der Waals surface area (Å²) < 4.78 is 5.66. The zero-order valence-corrected chi connectivity index (χ0v) is 11.0. The molecule has 3 nitrogen and oxygen atoms in total. The van der Waals surface area contributed by atoms with E-state index in [1.165, 1.54) is 0 Å². The fourth-order valence-corrected chi connectivity index (χ4v) is 3.07. The van der Waals surface area contributed by atoms with E-state index in [-0.39, 0.29) is 0 Å². The molecule has 0 spiro atoms. The van der Waals surface area contributed by atoms with Crippen molar-refractivity contribution in [3.63, 3.8) is 0 Å². The van der Waals surface area contributed by atoms with Gasteiger partial charge in [-0.1, -0.05) is 11.6 Å². The maximum atomic E-state index is 10.6.